The van der Waals surface area contributed by atoms with Gasteiger partial charge in [0.05, 0.1) is 0 Å². The molecule has 1 heterocycles. The number of carbonyl (C=O) groups excluding carboxylic acids is 1. The Labute approximate surface area is 93.1 Å². The third-order valence-electron chi connectivity index (χ3n) is 2.25. The van der Waals surface area contributed by atoms with Crippen molar-refractivity contribution >= 4 is 17.8 Å². The van der Waals surface area contributed by atoms with Gasteiger partial charge in [-0.05, 0) is 26.3 Å². The molecule has 7 nitrogen and oxygen atoms in total. The smallest absolute Gasteiger partial charge is 0.326 e. The molecule has 0 aromatic carbocycles. The van der Waals surface area contributed by atoms with Crippen molar-refractivity contribution in [2.75, 3.05) is 6.54 Å². The fourth-order valence-corrected chi connectivity index (χ4v) is 1.32. The topological polar surface area (TPSA) is 117 Å². The standard InChI is InChI=1S/C9H16N4O3/c1-5-7(14)13-9(11-5)12-6(8(15)16)3-2-4-10/h5-6H,2-4,10H2,1H3,(H,15,16)(H2,11,12,13,14)/t5?,6-/m0/s1. The van der Waals surface area contributed by atoms with E-state index in [-0.39, 0.29) is 11.9 Å². The van der Waals surface area contributed by atoms with Crippen LogP contribution in [0.5, 0.6) is 0 Å². The first kappa shape index (κ1) is 12.4. The highest BCUT2D eigenvalue weighted by Gasteiger charge is 2.25. The van der Waals surface area contributed by atoms with Crippen molar-refractivity contribution in [3.8, 4) is 0 Å². The number of hydrogen-bond acceptors (Lipinski definition) is 5. The number of amides is 1. The van der Waals surface area contributed by atoms with E-state index >= 15 is 0 Å². The summed E-state index contributed by atoms with van der Waals surface area (Å²) in [4.78, 5) is 26.0. The molecule has 1 unspecified atom stereocenters. The molecule has 0 saturated carbocycles. The number of carboxylic acid groups (broad SMARTS) is 1. The van der Waals surface area contributed by atoms with Crippen LogP contribution in [0.2, 0.25) is 0 Å². The molecule has 0 spiro atoms. The molecule has 1 rings (SSSR count). The molecule has 1 aliphatic rings. The number of nitrogens with zero attached hydrogens (tertiary/aromatic N) is 1. The monoisotopic (exact) mass is 228 g/mol. The summed E-state index contributed by atoms with van der Waals surface area (Å²) in [5.41, 5.74) is 5.31. The first-order valence-electron chi connectivity index (χ1n) is 5.12. The molecule has 16 heavy (non-hydrogen) atoms. The number of nitrogens with one attached hydrogen (secondary N) is 2. The lowest BCUT2D eigenvalue weighted by molar-refractivity contribution is -0.139. The van der Waals surface area contributed by atoms with Crippen LogP contribution in [-0.4, -0.2) is 41.6 Å². The first-order chi connectivity index (χ1) is 7.54. The Kier molecular flexibility index (Phi) is 4.24. The summed E-state index contributed by atoms with van der Waals surface area (Å²) in [6.45, 7) is 2.07. The van der Waals surface area contributed by atoms with E-state index in [1.165, 1.54) is 0 Å². The zero-order chi connectivity index (χ0) is 12.1. The molecule has 0 aromatic rings. The molecule has 5 N–H and O–H groups in total. The van der Waals surface area contributed by atoms with Crippen LogP contribution in [0.3, 0.4) is 0 Å². The van der Waals surface area contributed by atoms with Gasteiger partial charge in [0.1, 0.15) is 12.1 Å². The minimum atomic E-state index is -0.982. The molecular formula is C9H16N4O3. The zero-order valence-corrected chi connectivity index (χ0v) is 9.06. The van der Waals surface area contributed by atoms with Crippen LogP contribution in [0.1, 0.15) is 19.8 Å². The Balaban J connectivity index is 2.52. The molecular weight excluding hydrogens is 212 g/mol. The third-order valence-corrected chi connectivity index (χ3v) is 2.25. The highest BCUT2D eigenvalue weighted by molar-refractivity contribution is 6.05. The predicted octanol–water partition coefficient (Wildman–Crippen LogP) is -1.36. The van der Waals surface area contributed by atoms with E-state index in [1.807, 2.05) is 0 Å². The highest BCUT2D eigenvalue weighted by atomic mass is 16.4. The highest BCUT2D eigenvalue weighted by Crippen LogP contribution is 2.01. The van der Waals surface area contributed by atoms with Crippen LogP contribution in [0, 0.1) is 0 Å². The van der Waals surface area contributed by atoms with Gasteiger partial charge in [-0.15, -0.1) is 0 Å². The maximum absolute atomic E-state index is 11.1. The molecule has 2 atom stereocenters. The zero-order valence-electron chi connectivity index (χ0n) is 9.06. The average Bonchev–Trinajstić information content (AvgIpc) is 2.52. The predicted molar refractivity (Wildman–Crippen MR) is 57.9 cm³/mol. The Morgan fingerprint density at radius 2 is 2.44 bits per heavy atom. The van der Waals surface area contributed by atoms with Crippen LogP contribution in [0.4, 0.5) is 0 Å². The number of carboxylic acids is 1. The van der Waals surface area contributed by atoms with Gasteiger partial charge in [-0.3, -0.25) is 10.1 Å². The Morgan fingerprint density at radius 3 is 2.88 bits per heavy atom. The first-order valence-corrected chi connectivity index (χ1v) is 5.12. The van der Waals surface area contributed by atoms with Gasteiger partial charge in [-0.2, -0.15) is 0 Å². The number of carbonyl (C=O) groups is 2. The van der Waals surface area contributed by atoms with Gasteiger partial charge >= 0.3 is 5.97 Å². The van der Waals surface area contributed by atoms with E-state index < -0.39 is 18.1 Å². The molecule has 0 aromatic heterocycles. The summed E-state index contributed by atoms with van der Waals surface area (Å²) in [6, 6.07) is -1.24. The molecule has 0 aliphatic carbocycles. The number of hydrogen-bond donors (Lipinski definition) is 4. The summed E-state index contributed by atoms with van der Waals surface area (Å²) in [7, 11) is 0. The second kappa shape index (κ2) is 5.45. The molecule has 0 fully saturated rings. The number of aliphatic carboxylic acids is 1. The lowest BCUT2D eigenvalue weighted by Crippen LogP contribution is -2.46. The van der Waals surface area contributed by atoms with E-state index in [4.69, 9.17) is 10.8 Å². The maximum atomic E-state index is 11.1. The van der Waals surface area contributed by atoms with Crippen molar-refractivity contribution < 1.29 is 14.7 Å². The van der Waals surface area contributed by atoms with E-state index in [9.17, 15) is 9.59 Å². The van der Waals surface area contributed by atoms with E-state index in [0.717, 1.165) is 0 Å². The number of aliphatic imine (C=N–C) groups is 1. The lowest BCUT2D eigenvalue weighted by Gasteiger charge is -2.14. The summed E-state index contributed by atoms with van der Waals surface area (Å²) in [5.74, 6) is -0.989. The van der Waals surface area contributed by atoms with Crippen molar-refractivity contribution in [3.63, 3.8) is 0 Å². The molecule has 0 bridgehead atoms. The largest absolute Gasteiger partial charge is 0.480 e. The molecule has 0 saturated heterocycles. The molecule has 7 heteroatoms. The molecule has 1 aliphatic heterocycles. The second-order valence-corrected chi connectivity index (χ2v) is 3.61. The summed E-state index contributed by atoms with van der Waals surface area (Å²) >= 11 is 0. The Morgan fingerprint density at radius 1 is 1.75 bits per heavy atom. The van der Waals surface area contributed by atoms with Crippen molar-refractivity contribution in [1.82, 2.24) is 10.6 Å². The third kappa shape index (κ3) is 3.20. The van der Waals surface area contributed by atoms with Crippen molar-refractivity contribution in [2.24, 2.45) is 10.7 Å². The van der Waals surface area contributed by atoms with E-state index in [1.54, 1.807) is 6.92 Å². The SMILES string of the molecule is CC1N=C(N[C@@H](CCCN)C(=O)O)NC1=O. The normalized spacial score (nSPS) is 21.2. The Hall–Kier alpha value is -1.63. The number of guanidine groups is 1. The van der Waals surface area contributed by atoms with Crippen LogP contribution in [-0.2, 0) is 9.59 Å². The molecule has 0 radical (unpaired) electrons. The molecule has 90 valence electrons. The van der Waals surface area contributed by atoms with Crippen molar-refractivity contribution in [2.45, 2.75) is 31.8 Å². The van der Waals surface area contributed by atoms with Gasteiger partial charge < -0.3 is 16.2 Å². The van der Waals surface area contributed by atoms with Gasteiger partial charge in [0.25, 0.3) is 5.91 Å². The number of rotatable bonds is 5. The maximum Gasteiger partial charge on any atom is 0.326 e. The van der Waals surface area contributed by atoms with Crippen LogP contribution >= 0.6 is 0 Å². The fraction of sp³-hybridized carbons (Fsp3) is 0.667. The van der Waals surface area contributed by atoms with E-state index in [0.29, 0.717) is 19.4 Å². The molecule has 1 amide bonds. The van der Waals surface area contributed by atoms with Crippen molar-refractivity contribution in [1.29, 1.82) is 0 Å². The van der Waals surface area contributed by atoms with Crippen molar-refractivity contribution in [3.05, 3.63) is 0 Å². The summed E-state index contributed by atoms with van der Waals surface area (Å²) in [6.07, 6.45) is 0.996. The van der Waals surface area contributed by atoms with Gasteiger partial charge in [-0.25, -0.2) is 9.79 Å². The Bertz CT molecular complexity index is 316. The number of nitrogens with two attached hydrogens (primary N) is 1. The lowest BCUT2D eigenvalue weighted by atomic mass is 10.1. The summed E-state index contributed by atoms with van der Waals surface area (Å²) < 4.78 is 0. The van der Waals surface area contributed by atoms with Crippen LogP contribution in [0.25, 0.3) is 0 Å². The minimum absolute atomic E-state index is 0.224. The van der Waals surface area contributed by atoms with Gasteiger partial charge in [0, 0.05) is 0 Å². The van der Waals surface area contributed by atoms with Gasteiger partial charge in [0.15, 0.2) is 5.96 Å². The fourth-order valence-electron chi connectivity index (χ4n) is 1.32. The van der Waals surface area contributed by atoms with Gasteiger partial charge in [0.2, 0.25) is 0 Å². The summed E-state index contributed by atoms with van der Waals surface area (Å²) in [5, 5.41) is 14.1. The average molecular weight is 228 g/mol. The van der Waals surface area contributed by atoms with Gasteiger partial charge in [-0.1, -0.05) is 0 Å². The van der Waals surface area contributed by atoms with Crippen LogP contribution in [0.15, 0.2) is 4.99 Å². The minimum Gasteiger partial charge on any atom is -0.480 e. The van der Waals surface area contributed by atoms with Crippen LogP contribution < -0.4 is 16.4 Å². The van der Waals surface area contributed by atoms with E-state index in [2.05, 4.69) is 15.6 Å². The quantitative estimate of drug-likeness (QED) is 0.464. The second-order valence-electron chi connectivity index (χ2n) is 3.61.